The first kappa shape index (κ1) is 6.46. The number of anilines is 1. The van der Waals surface area contributed by atoms with Crippen LogP contribution in [-0.4, -0.2) is 0 Å². The summed E-state index contributed by atoms with van der Waals surface area (Å²) in [6, 6.07) is 0. The molecule has 0 aromatic carbocycles. The van der Waals surface area contributed by atoms with Crippen molar-refractivity contribution < 1.29 is 0 Å². The summed E-state index contributed by atoms with van der Waals surface area (Å²) in [4.78, 5) is 0. The fourth-order valence-corrected chi connectivity index (χ4v) is 3.17. The number of thiophene rings is 2. The predicted octanol–water partition coefficient (Wildman–Crippen LogP) is 3.20. The largest absolute Gasteiger partial charge is 0.397 e. The normalized spacial score (nSPS) is 10.9. The molecule has 52 valence electrons. The van der Waals surface area contributed by atoms with Gasteiger partial charge in [-0.15, -0.1) is 22.7 Å². The molecule has 1 nitrogen and oxygen atoms in total. The van der Waals surface area contributed by atoms with Crippen LogP contribution in [0.4, 0.5) is 5.69 Å². The third kappa shape index (κ3) is 0.746. The fourth-order valence-electron chi connectivity index (χ4n) is 0.839. The number of hydrogen-bond donors (Lipinski definition) is 1. The van der Waals surface area contributed by atoms with E-state index in [1.807, 2.05) is 10.8 Å². The summed E-state index contributed by atoms with van der Waals surface area (Å²) in [5.74, 6) is 0. The van der Waals surface area contributed by atoms with Crippen LogP contribution in [0.5, 0.6) is 0 Å². The van der Waals surface area contributed by atoms with Crippen LogP contribution in [-0.2, 0) is 0 Å². The average molecular weight is 190 g/mol. The van der Waals surface area contributed by atoms with E-state index in [1.165, 1.54) is 4.01 Å². The lowest BCUT2D eigenvalue weighted by molar-refractivity contribution is 1.95. The second-order valence-electron chi connectivity index (χ2n) is 1.94. The van der Waals surface area contributed by atoms with Crippen LogP contribution in [0.2, 0.25) is 5.02 Å². The van der Waals surface area contributed by atoms with Crippen molar-refractivity contribution in [2.75, 3.05) is 5.73 Å². The van der Waals surface area contributed by atoms with E-state index in [2.05, 4.69) is 0 Å². The molecule has 0 aliphatic heterocycles. The Labute approximate surface area is 71.0 Å². The van der Waals surface area contributed by atoms with Crippen LogP contribution in [0.1, 0.15) is 0 Å². The standard InChI is InChI=1S/C6H4ClNS2/c7-3-1-9-6-5(3)4(8)2-10-6/h1-2H,8H2. The lowest BCUT2D eigenvalue weighted by Crippen LogP contribution is -1.77. The molecule has 0 aliphatic carbocycles. The van der Waals surface area contributed by atoms with Crippen LogP contribution < -0.4 is 5.73 Å². The van der Waals surface area contributed by atoms with Gasteiger partial charge in [-0.1, -0.05) is 11.6 Å². The van der Waals surface area contributed by atoms with Crippen molar-refractivity contribution in [1.82, 2.24) is 0 Å². The molecule has 0 amide bonds. The average Bonchev–Trinajstić information content (AvgIpc) is 2.40. The Balaban J connectivity index is 2.98. The van der Waals surface area contributed by atoms with E-state index in [4.69, 9.17) is 17.3 Å². The molecule has 2 aromatic rings. The molecule has 0 bridgehead atoms. The van der Waals surface area contributed by atoms with Gasteiger partial charge in [0, 0.05) is 16.1 Å². The molecule has 0 fully saturated rings. The van der Waals surface area contributed by atoms with Gasteiger partial charge in [-0.25, -0.2) is 0 Å². The summed E-state index contributed by atoms with van der Waals surface area (Å²) < 4.78 is 1.21. The molecule has 4 heteroatoms. The number of hydrogen-bond acceptors (Lipinski definition) is 3. The van der Waals surface area contributed by atoms with Crippen LogP contribution in [0.3, 0.4) is 0 Å². The number of nitrogens with two attached hydrogens (primary N) is 1. The van der Waals surface area contributed by atoms with Crippen LogP contribution in [0, 0.1) is 0 Å². The van der Waals surface area contributed by atoms with Gasteiger partial charge in [0.1, 0.15) is 0 Å². The van der Waals surface area contributed by atoms with Crippen molar-refractivity contribution in [2.45, 2.75) is 0 Å². The van der Waals surface area contributed by atoms with Crippen LogP contribution in [0.15, 0.2) is 10.8 Å². The minimum Gasteiger partial charge on any atom is -0.397 e. The first-order valence-electron chi connectivity index (χ1n) is 2.68. The van der Waals surface area contributed by atoms with E-state index < -0.39 is 0 Å². The predicted molar refractivity (Wildman–Crippen MR) is 49.1 cm³/mol. The lowest BCUT2D eigenvalue weighted by Gasteiger charge is -1.82. The van der Waals surface area contributed by atoms with Crippen LogP contribution >= 0.6 is 34.3 Å². The molecule has 0 atom stereocenters. The second kappa shape index (κ2) is 2.12. The van der Waals surface area contributed by atoms with E-state index in [0.29, 0.717) is 0 Å². The van der Waals surface area contributed by atoms with Crippen molar-refractivity contribution in [3.8, 4) is 0 Å². The van der Waals surface area contributed by atoms with Crippen molar-refractivity contribution in [3.05, 3.63) is 15.8 Å². The molecule has 0 aliphatic rings. The highest BCUT2D eigenvalue weighted by atomic mass is 35.5. The first-order valence-corrected chi connectivity index (χ1v) is 4.82. The zero-order valence-electron chi connectivity index (χ0n) is 4.93. The summed E-state index contributed by atoms with van der Waals surface area (Å²) in [5.41, 5.74) is 6.45. The van der Waals surface area contributed by atoms with Gasteiger partial charge in [-0.3, -0.25) is 0 Å². The van der Waals surface area contributed by atoms with E-state index in [0.717, 1.165) is 16.1 Å². The Bertz CT molecular complexity index is 331. The SMILES string of the molecule is Nc1csc2scc(Cl)c12. The van der Waals surface area contributed by atoms with Gasteiger partial charge in [0.05, 0.1) is 14.7 Å². The number of rotatable bonds is 0. The van der Waals surface area contributed by atoms with Gasteiger partial charge in [-0.05, 0) is 0 Å². The maximum Gasteiger partial charge on any atom is 0.0901 e. The van der Waals surface area contributed by atoms with Gasteiger partial charge in [0.2, 0.25) is 0 Å². The third-order valence-corrected chi connectivity index (χ3v) is 3.86. The van der Waals surface area contributed by atoms with Crippen LogP contribution in [0.25, 0.3) is 9.40 Å². The summed E-state index contributed by atoms with van der Waals surface area (Å²) in [6.07, 6.45) is 0. The Hall–Kier alpha value is -0.250. The highest BCUT2D eigenvalue weighted by Crippen LogP contribution is 2.38. The molecule has 2 rings (SSSR count). The quantitative estimate of drug-likeness (QED) is 0.677. The van der Waals surface area contributed by atoms with Gasteiger partial charge < -0.3 is 5.73 Å². The summed E-state index contributed by atoms with van der Waals surface area (Å²) in [5, 5.41) is 5.64. The molecule has 2 heterocycles. The first-order chi connectivity index (χ1) is 4.79. The topological polar surface area (TPSA) is 26.0 Å². The Morgan fingerprint density at radius 2 is 2.00 bits per heavy atom. The summed E-state index contributed by atoms with van der Waals surface area (Å²) in [6.45, 7) is 0. The van der Waals surface area contributed by atoms with Crippen molar-refractivity contribution in [2.24, 2.45) is 0 Å². The molecule has 0 saturated carbocycles. The molecule has 0 saturated heterocycles. The minimum atomic E-state index is 0.777. The second-order valence-corrected chi connectivity index (χ2v) is 4.36. The Morgan fingerprint density at radius 1 is 1.30 bits per heavy atom. The number of halogens is 1. The molecule has 2 N–H and O–H groups in total. The third-order valence-electron chi connectivity index (χ3n) is 1.29. The van der Waals surface area contributed by atoms with Crippen molar-refractivity contribution >= 4 is 49.4 Å². The zero-order chi connectivity index (χ0) is 7.14. The number of nitrogen functional groups attached to an aromatic ring is 1. The maximum absolute atomic E-state index is 5.86. The van der Waals surface area contributed by atoms with E-state index in [9.17, 15) is 0 Å². The Kier molecular flexibility index (Phi) is 1.37. The summed E-state index contributed by atoms with van der Waals surface area (Å²) in [7, 11) is 0. The molecule has 0 unspecified atom stereocenters. The molecule has 2 aromatic heterocycles. The van der Waals surface area contributed by atoms with Gasteiger partial charge in [0.15, 0.2) is 0 Å². The monoisotopic (exact) mass is 189 g/mol. The van der Waals surface area contributed by atoms with Crippen molar-refractivity contribution in [1.29, 1.82) is 0 Å². The molecular formula is C6H4ClNS2. The van der Waals surface area contributed by atoms with E-state index in [1.54, 1.807) is 22.7 Å². The zero-order valence-corrected chi connectivity index (χ0v) is 7.32. The van der Waals surface area contributed by atoms with Gasteiger partial charge >= 0.3 is 0 Å². The van der Waals surface area contributed by atoms with Gasteiger partial charge in [0.25, 0.3) is 0 Å². The Morgan fingerprint density at radius 3 is 2.70 bits per heavy atom. The lowest BCUT2D eigenvalue weighted by atomic mass is 10.4. The fraction of sp³-hybridized carbons (Fsp3) is 0. The van der Waals surface area contributed by atoms with Gasteiger partial charge in [-0.2, -0.15) is 0 Å². The minimum absolute atomic E-state index is 0.777. The molecule has 0 spiro atoms. The summed E-state index contributed by atoms with van der Waals surface area (Å²) >= 11 is 9.14. The smallest absolute Gasteiger partial charge is 0.0901 e. The highest BCUT2D eigenvalue weighted by molar-refractivity contribution is 7.37. The molecule has 10 heavy (non-hydrogen) atoms. The van der Waals surface area contributed by atoms with Crippen molar-refractivity contribution in [3.63, 3.8) is 0 Å². The maximum atomic E-state index is 5.86. The number of fused-ring (bicyclic) bond motifs is 1. The molecule has 0 radical (unpaired) electrons. The van der Waals surface area contributed by atoms with E-state index >= 15 is 0 Å². The highest BCUT2D eigenvalue weighted by Gasteiger charge is 2.05. The van der Waals surface area contributed by atoms with E-state index in [-0.39, 0.29) is 0 Å². The molecular weight excluding hydrogens is 186 g/mol.